The molecule has 5 rings (SSSR count). The Labute approximate surface area is 170 Å². The summed E-state index contributed by atoms with van der Waals surface area (Å²) in [5.41, 5.74) is 1.58. The minimum Gasteiger partial charge on any atom is -0.350 e. The highest BCUT2D eigenvalue weighted by molar-refractivity contribution is 5.86. The SMILES string of the molecule is CN1C(=O)CC2(CCC2)[C@H](C(=O)NCc2cn(C3CC3)nn2)[C@H]1c1ccccc1. The summed E-state index contributed by atoms with van der Waals surface area (Å²) in [6.07, 6.45) is 7.65. The molecule has 0 radical (unpaired) electrons. The van der Waals surface area contributed by atoms with Gasteiger partial charge in [-0.25, -0.2) is 4.68 Å². The molecule has 1 aliphatic heterocycles. The van der Waals surface area contributed by atoms with Crippen molar-refractivity contribution in [2.75, 3.05) is 7.05 Å². The largest absolute Gasteiger partial charge is 0.350 e. The van der Waals surface area contributed by atoms with Gasteiger partial charge in [0.2, 0.25) is 11.8 Å². The zero-order chi connectivity index (χ0) is 20.0. The van der Waals surface area contributed by atoms with Gasteiger partial charge in [-0.05, 0) is 36.7 Å². The summed E-state index contributed by atoms with van der Waals surface area (Å²) in [5, 5.41) is 11.5. The molecule has 7 nitrogen and oxygen atoms in total. The highest BCUT2D eigenvalue weighted by Gasteiger charge is 2.57. The third-order valence-corrected chi connectivity index (χ3v) is 6.98. The molecule has 2 saturated carbocycles. The van der Waals surface area contributed by atoms with Crippen molar-refractivity contribution in [1.29, 1.82) is 0 Å². The second-order valence-electron chi connectivity index (χ2n) is 8.87. The lowest BCUT2D eigenvalue weighted by Crippen LogP contribution is -2.58. The molecular weight excluding hydrogens is 366 g/mol. The fourth-order valence-corrected chi connectivity index (χ4v) is 5.06. The monoisotopic (exact) mass is 393 g/mol. The number of piperidine rings is 1. The van der Waals surface area contributed by atoms with Gasteiger partial charge in [-0.3, -0.25) is 9.59 Å². The van der Waals surface area contributed by atoms with Gasteiger partial charge in [0.15, 0.2) is 0 Å². The second-order valence-corrected chi connectivity index (χ2v) is 8.87. The third kappa shape index (κ3) is 3.22. The number of carbonyl (C=O) groups is 2. The van der Waals surface area contributed by atoms with E-state index in [1.165, 1.54) is 0 Å². The molecule has 0 bridgehead atoms. The van der Waals surface area contributed by atoms with Crippen LogP contribution in [-0.2, 0) is 16.1 Å². The Hall–Kier alpha value is -2.70. The zero-order valence-corrected chi connectivity index (χ0v) is 16.8. The first-order valence-corrected chi connectivity index (χ1v) is 10.6. The number of hydrogen-bond donors (Lipinski definition) is 1. The number of benzene rings is 1. The van der Waals surface area contributed by atoms with E-state index in [1.807, 2.05) is 48.3 Å². The molecule has 3 aliphatic rings. The number of likely N-dealkylation sites (tertiary alicyclic amines) is 1. The summed E-state index contributed by atoms with van der Waals surface area (Å²) < 4.78 is 1.90. The Balaban J connectivity index is 1.40. The molecule has 2 heterocycles. The van der Waals surface area contributed by atoms with Crippen LogP contribution in [0.2, 0.25) is 0 Å². The maximum atomic E-state index is 13.5. The van der Waals surface area contributed by atoms with Crippen molar-refractivity contribution in [3.63, 3.8) is 0 Å². The van der Waals surface area contributed by atoms with Crippen LogP contribution in [0.25, 0.3) is 0 Å². The van der Waals surface area contributed by atoms with E-state index >= 15 is 0 Å². The van der Waals surface area contributed by atoms with E-state index in [-0.39, 0.29) is 29.2 Å². The number of aromatic nitrogens is 3. The summed E-state index contributed by atoms with van der Waals surface area (Å²) in [7, 11) is 1.83. The molecule has 2 atom stereocenters. The predicted molar refractivity (Wildman–Crippen MR) is 106 cm³/mol. The number of nitrogens with zero attached hydrogens (tertiary/aromatic N) is 4. The molecular formula is C22H27N5O2. The van der Waals surface area contributed by atoms with Crippen LogP contribution >= 0.6 is 0 Å². The Bertz CT molecular complexity index is 916. The standard InChI is InChI=1S/C22H27N5O2/c1-26-18(28)12-22(10-5-11-22)19(20(26)15-6-3-2-4-7-15)21(29)23-13-16-14-27(25-24-16)17-8-9-17/h2-4,6-7,14,17,19-20H,5,8-13H2,1H3,(H,23,29)/t19-,20+/m0/s1. The van der Waals surface area contributed by atoms with Gasteiger partial charge in [0.25, 0.3) is 0 Å². The molecule has 0 unspecified atom stereocenters. The Morgan fingerprint density at radius 3 is 2.66 bits per heavy atom. The fourth-order valence-electron chi connectivity index (χ4n) is 5.06. The van der Waals surface area contributed by atoms with Gasteiger partial charge in [0, 0.05) is 13.5 Å². The molecule has 1 saturated heterocycles. The Morgan fingerprint density at radius 1 is 1.24 bits per heavy atom. The molecule has 1 aromatic heterocycles. The number of amides is 2. The molecule has 1 N–H and O–H groups in total. The maximum absolute atomic E-state index is 13.5. The highest BCUT2D eigenvalue weighted by Crippen LogP contribution is 2.57. The molecule has 29 heavy (non-hydrogen) atoms. The van der Waals surface area contributed by atoms with Crippen LogP contribution in [-0.4, -0.2) is 38.8 Å². The van der Waals surface area contributed by atoms with E-state index in [2.05, 4.69) is 15.6 Å². The molecule has 1 aromatic carbocycles. The number of carbonyl (C=O) groups excluding carboxylic acids is 2. The van der Waals surface area contributed by atoms with Crippen molar-refractivity contribution in [2.24, 2.45) is 11.3 Å². The van der Waals surface area contributed by atoms with E-state index in [1.54, 1.807) is 4.90 Å². The van der Waals surface area contributed by atoms with Crippen molar-refractivity contribution in [3.05, 3.63) is 47.8 Å². The van der Waals surface area contributed by atoms with Crippen LogP contribution in [0.5, 0.6) is 0 Å². The Kier molecular flexibility index (Phi) is 4.41. The summed E-state index contributed by atoms with van der Waals surface area (Å²) in [5.74, 6) is -0.103. The molecule has 3 fully saturated rings. The van der Waals surface area contributed by atoms with Crippen molar-refractivity contribution < 1.29 is 9.59 Å². The predicted octanol–water partition coefficient (Wildman–Crippen LogP) is 2.62. The molecule has 2 aliphatic carbocycles. The van der Waals surface area contributed by atoms with E-state index in [4.69, 9.17) is 0 Å². The highest BCUT2D eigenvalue weighted by atomic mass is 16.2. The molecule has 7 heteroatoms. The van der Waals surface area contributed by atoms with E-state index in [0.29, 0.717) is 19.0 Å². The van der Waals surface area contributed by atoms with Gasteiger partial charge in [-0.1, -0.05) is 42.0 Å². The number of nitrogens with one attached hydrogen (secondary N) is 1. The van der Waals surface area contributed by atoms with E-state index in [0.717, 1.165) is 43.4 Å². The van der Waals surface area contributed by atoms with Gasteiger partial charge < -0.3 is 10.2 Å². The maximum Gasteiger partial charge on any atom is 0.226 e. The van der Waals surface area contributed by atoms with Gasteiger partial charge in [-0.15, -0.1) is 5.10 Å². The van der Waals surface area contributed by atoms with Gasteiger partial charge in [0.1, 0.15) is 5.69 Å². The Morgan fingerprint density at radius 2 is 2.00 bits per heavy atom. The van der Waals surface area contributed by atoms with Gasteiger partial charge in [-0.2, -0.15) is 0 Å². The van der Waals surface area contributed by atoms with Crippen LogP contribution in [0.15, 0.2) is 36.5 Å². The van der Waals surface area contributed by atoms with Gasteiger partial charge in [0.05, 0.1) is 30.7 Å². The first-order valence-electron chi connectivity index (χ1n) is 10.6. The van der Waals surface area contributed by atoms with E-state index < -0.39 is 0 Å². The van der Waals surface area contributed by atoms with Crippen molar-refractivity contribution >= 4 is 11.8 Å². The summed E-state index contributed by atoms with van der Waals surface area (Å²) in [4.78, 5) is 28.0. The van der Waals surface area contributed by atoms with Crippen molar-refractivity contribution in [2.45, 2.75) is 57.2 Å². The van der Waals surface area contributed by atoms with E-state index in [9.17, 15) is 9.59 Å². The fraction of sp³-hybridized carbons (Fsp3) is 0.545. The van der Waals surface area contributed by atoms with Crippen LogP contribution in [0.1, 0.15) is 61.9 Å². The summed E-state index contributed by atoms with van der Waals surface area (Å²) >= 11 is 0. The zero-order valence-electron chi connectivity index (χ0n) is 16.8. The summed E-state index contributed by atoms with van der Waals surface area (Å²) in [6.45, 7) is 0.372. The second kappa shape index (κ2) is 6.97. The van der Waals surface area contributed by atoms with Crippen LogP contribution in [0.4, 0.5) is 0 Å². The lowest BCUT2D eigenvalue weighted by molar-refractivity contribution is -0.160. The third-order valence-electron chi connectivity index (χ3n) is 6.98. The quantitative estimate of drug-likeness (QED) is 0.847. The van der Waals surface area contributed by atoms with Gasteiger partial charge >= 0.3 is 0 Å². The van der Waals surface area contributed by atoms with Crippen LogP contribution in [0, 0.1) is 11.3 Å². The number of rotatable bonds is 5. The average Bonchev–Trinajstić information content (AvgIpc) is 3.45. The van der Waals surface area contributed by atoms with Crippen molar-refractivity contribution in [3.8, 4) is 0 Å². The van der Waals surface area contributed by atoms with Crippen LogP contribution in [0.3, 0.4) is 0 Å². The average molecular weight is 393 g/mol. The first-order chi connectivity index (χ1) is 14.1. The minimum atomic E-state index is -0.250. The molecule has 2 aromatic rings. The molecule has 152 valence electrons. The lowest BCUT2D eigenvalue weighted by atomic mass is 9.54. The van der Waals surface area contributed by atoms with Crippen molar-refractivity contribution in [1.82, 2.24) is 25.2 Å². The lowest BCUT2D eigenvalue weighted by Gasteiger charge is -2.55. The normalized spacial score (nSPS) is 25.7. The number of hydrogen-bond acceptors (Lipinski definition) is 4. The minimum absolute atomic E-state index is 0.0128. The molecule has 2 amide bonds. The smallest absolute Gasteiger partial charge is 0.226 e. The molecule has 1 spiro atoms. The van der Waals surface area contributed by atoms with Crippen LogP contribution < -0.4 is 5.32 Å². The topological polar surface area (TPSA) is 80.1 Å². The summed E-state index contributed by atoms with van der Waals surface area (Å²) in [6, 6.07) is 10.2. The first kappa shape index (κ1) is 18.3.